The van der Waals surface area contributed by atoms with E-state index in [-0.39, 0.29) is 6.42 Å². The van der Waals surface area contributed by atoms with Gasteiger partial charge < -0.3 is 9.67 Å². The van der Waals surface area contributed by atoms with Crippen molar-refractivity contribution in [3.8, 4) is 0 Å². The minimum absolute atomic E-state index is 0.0686. The average molecular weight is 239 g/mol. The average Bonchev–Trinajstić information content (AvgIpc) is 2.63. The van der Waals surface area contributed by atoms with Crippen molar-refractivity contribution in [2.45, 2.75) is 6.42 Å². The van der Waals surface area contributed by atoms with Crippen LogP contribution in [0.25, 0.3) is 21.8 Å². The number of hydrogen-bond donors (Lipinski definition) is 1. The maximum Gasteiger partial charge on any atom is 0.307 e. The molecule has 0 spiro atoms. The van der Waals surface area contributed by atoms with Crippen molar-refractivity contribution >= 4 is 27.8 Å². The summed E-state index contributed by atoms with van der Waals surface area (Å²) < 4.78 is 2.13. The van der Waals surface area contributed by atoms with Gasteiger partial charge in [0, 0.05) is 28.9 Å². The van der Waals surface area contributed by atoms with Crippen molar-refractivity contribution < 1.29 is 9.90 Å². The van der Waals surface area contributed by atoms with Crippen molar-refractivity contribution in [3.05, 3.63) is 48.0 Å². The van der Waals surface area contributed by atoms with Gasteiger partial charge in [-0.25, -0.2) is 0 Å². The number of aromatic nitrogens is 1. The standard InChI is InChI=1S/C15H13NO2/c1-16-13-5-3-2-4-11(13)12-8-10(9-15(17)18)6-7-14(12)16/h2-8H,9H2,1H3,(H,17,18). The molecule has 90 valence electrons. The Kier molecular flexibility index (Phi) is 2.33. The number of fused-ring (bicyclic) bond motifs is 3. The lowest BCUT2D eigenvalue weighted by molar-refractivity contribution is -0.136. The Bertz CT molecular complexity index is 756. The maximum atomic E-state index is 10.8. The van der Waals surface area contributed by atoms with Gasteiger partial charge in [-0.2, -0.15) is 0 Å². The minimum atomic E-state index is -0.797. The number of aliphatic carboxylic acids is 1. The molecule has 0 fully saturated rings. The van der Waals surface area contributed by atoms with Crippen LogP contribution in [0.4, 0.5) is 0 Å². The van der Waals surface area contributed by atoms with Gasteiger partial charge in [-0.05, 0) is 23.8 Å². The first-order valence-corrected chi connectivity index (χ1v) is 5.84. The van der Waals surface area contributed by atoms with Crippen LogP contribution in [0.2, 0.25) is 0 Å². The second-order valence-electron chi connectivity index (χ2n) is 4.50. The summed E-state index contributed by atoms with van der Waals surface area (Å²) in [5, 5.41) is 11.1. The normalized spacial score (nSPS) is 11.2. The summed E-state index contributed by atoms with van der Waals surface area (Å²) in [6.45, 7) is 0. The number of rotatable bonds is 2. The largest absolute Gasteiger partial charge is 0.481 e. The molecule has 18 heavy (non-hydrogen) atoms. The van der Waals surface area contributed by atoms with Crippen LogP contribution in [0.5, 0.6) is 0 Å². The summed E-state index contributed by atoms with van der Waals surface area (Å²) in [6.07, 6.45) is 0.0686. The third-order valence-electron chi connectivity index (χ3n) is 3.33. The molecule has 1 aromatic heterocycles. The highest BCUT2D eigenvalue weighted by molar-refractivity contribution is 6.08. The van der Waals surface area contributed by atoms with Crippen LogP contribution >= 0.6 is 0 Å². The Balaban J connectivity index is 2.33. The number of aryl methyl sites for hydroxylation is 1. The predicted molar refractivity (Wildman–Crippen MR) is 71.8 cm³/mol. The molecule has 0 unspecified atom stereocenters. The van der Waals surface area contributed by atoms with E-state index in [0.717, 1.165) is 16.5 Å². The quantitative estimate of drug-likeness (QED) is 0.747. The van der Waals surface area contributed by atoms with E-state index in [4.69, 9.17) is 5.11 Å². The van der Waals surface area contributed by atoms with Crippen molar-refractivity contribution in [2.24, 2.45) is 7.05 Å². The van der Waals surface area contributed by atoms with Gasteiger partial charge in [0.25, 0.3) is 0 Å². The smallest absolute Gasteiger partial charge is 0.307 e. The van der Waals surface area contributed by atoms with Crippen LogP contribution < -0.4 is 0 Å². The highest BCUT2D eigenvalue weighted by atomic mass is 16.4. The van der Waals surface area contributed by atoms with E-state index in [0.29, 0.717) is 0 Å². The molecule has 0 aliphatic carbocycles. The van der Waals surface area contributed by atoms with Gasteiger partial charge in [-0.3, -0.25) is 4.79 Å². The zero-order chi connectivity index (χ0) is 12.7. The van der Waals surface area contributed by atoms with E-state index in [1.807, 2.05) is 37.4 Å². The Morgan fingerprint density at radius 2 is 1.83 bits per heavy atom. The molecular formula is C15H13NO2. The van der Waals surface area contributed by atoms with Crippen molar-refractivity contribution in [1.29, 1.82) is 0 Å². The molecule has 0 saturated heterocycles. The first kappa shape index (κ1) is 10.8. The fourth-order valence-corrected chi connectivity index (χ4v) is 2.50. The van der Waals surface area contributed by atoms with Crippen LogP contribution in [-0.4, -0.2) is 15.6 Å². The van der Waals surface area contributed by atoms with E-state index in [1.165, 1.54) is 10.9 Å². The molecule has 0 saturated carbocycles. The molecular weight excluding hydrogens is 226 g/mol. The molecule has 0 amide bonds. The van der Waals surface area contributed by atoms with E-state index < -0.39 is 5.97 Å². The number of benzene rings is 2. The molecule has 0 atom stereocenters. The Morgan fingerprint density at radius 3 is 2.61 bits per heavy atom. The number of carboxylic acids is 1. The second kappa shape index (κ2) is 3.88. The Hall–Kier alpha value is -2.29. The van der Waals surface area contributed by atoms with Gasteiger partial charge >= 0.3 is 5.97 Å². The molecule has 1 N–H and O–H groups in total. The maximum absolute atomic E-state index is 10.8. The number of carboxylic acid groups (broad SMARTS) is 1. The summed E-state index contributed by atoms with van der Waals surface area (Å²) in [4.78, 5) is 10.8. The van der Waals surface area contributed by atoms with E-state index in [2.05, 4.69) is 16.7 Å². The molecule has 0 radical (unpaired) electrons. The van der Waals surface area contributed by atoms with E-state index >= 15 is 0 Å². The number of hydrogen-bond acceptors (Lipinski definition) is 1. The lowest BCUT2D eigenvalue weighted by Gasteiger charge is -1.99. The Morgan fingerprint density at radius 1 is 1.11 bits per heavy atom. The Labute approximate surface area is 104 Å². The van der Waals surface area contributed by atoms with Crippen LogP contribution in [-0.2, 0) is 18.3 Å². The zero-order valence-corrected chi connectivity index (χ0v) is 10.1. The molecule has 1 heterocycles. The third kappa shape index (κ3) is 1.56. The van der Waals surface area contributed by atoms with Crippen LogP contribution in [0, 0.1) is 0 Å². The van der Waals surface area contributed by atoms with Crippen LogP contribution in [0.3, 0.4) is 0 Å². The van der Waals surface area contributed by atoms with Crippen LogP contribution in [0.15, 0.2) is 42.5 Å². The second-order valence-corrected chi connectivity index (χ2v) is 4.50. The predicted octanol–water partition coefficient (Wildman–Crippen LogP) is 2.96. The lowest BCUT2D eigenvalue weighted by atomic mass is 10.1. The zero-order valence-electron chi connectivity index (χ0n) is 10.1. The third-order valence-corrected chi connectivity index (χ3v) is 3.33. The van der Waals surface area contributed by atoms with Crippen LogP contribution in [0.1, 0.15) is 5.56 Å². The monoisotopic (exact) mass is 239 g/mol. The molecule has 2 aromatic carbocycles. The van der Waals surface area contributed by atoms with Crippen molar-refractivity contribution in [1.82, 2.24) is 4.57 Å². The summed E-state index contributed by atoms with van der Waals surface area (Å²) in [5.41, 5.74) is 3.14. The van der Waals surface area contributed by atoms with Gasteiger partial charge in [0.2, 0.25) is 0 Å². The first-order valence-electron chi connectivity index (χ1n) is 5.84. The molecule has 0 aliphatic heterocycles. The summed E-state index contributed by atoms with van der Waals surface area (Å²) in [5.74, 6) is -0.797. The number of para-hydroxylation sites is 1. The highest BCUT2D eigenvalue weighted by Crippen LogP contribution is 2.28. The summed E-state index contributed by atoms with van der Waals surface area (Å²) in [7, 11) is 2.03. The number of carbonyl (C=O) groups is 1. The fourth-order valence-electron chi connectivity index (χ4n) is 2.50. The fraction of sp³-hybridized carbons (Fsp3) is 0.133. The molecule has 0 bridgehead atoms. The molecule has 3 aromatic rings. The molecule has 0 aliphatic rings. The molecule has 3 rings (SSSR count). The van der Waals surface area contributed by atoms with Gasteiger partial charge in [0.05, 0.1) is 6.42 Å². The minimum Gasteiger partial charge on any atom is -0.481 e. The SMILES string of the molecule is Cn1c2ccccc2c2cc(CC(=O)O)ccc21. The highest BCUT2D eigenvalue weighted by Gasteiger charge is 2.09. The lowest BCUT2D eigenvalue weighted by Crippen LogP contribution is -1.99. The van der Waals surface area contributed by atoms with Gasteiger partial charge in [0.15, 0.2) is 0 Å². The van der Waals surface area contributed by atoms with Gasteiger partial charge in [-0.1, -0.05) is 24.3 Å². The summed E-state index contributed by atoms with van der Waals surface area (Å²) >= 11 is 0. The van der Waals surface area contributed by atoms with Gasteiger partial charge in [0.1, 0.15) is 0 Å². The topological polar surface area (TPSA) is 42.2 Å². The number of nitrogens with zero attached hydrogens (tertiary/aromatic N) is 1. The van der Waals surface area contributed by atoms with Crippen molar-refractivity contribution in [3.63, 3.8) is 0 Å². The molecule has 3 heteroatoms. The van der Waals surface area contributed by atoms with E-state index in [9.17, 15) is 4.79 Å². The molecule has 3 nitrogen and oxygen atoms in total. The van der Waals surface area contributed by atoms with E-state index in [1.54, 1.807) is 0 Å². The van der Waals surface area contributed by atoms with Gasteiger partial charge in [-0.15, -0.1) is 0 Å². The summed E-state index contributed by atoms with van der Waals surface area (Å²) in [6, 6.07) is 14.0. The van der Waals surface area contributed by atoms with Crippen molar-refractivity contribution in [2.75, 3.05) is 0 Å². The first-order chi connectivity index (χ1) is 8.66.